The Bertz CT molecular complexity index is 1160. The molecule has 1 aromatic heterocycles. The first-order valence-corrected chi connectivity index (χ1v) is 8.67. The lowest BCUT2D eigenvalue weighted by atomic mass is 9.86. The summed E-state index contributed by atoms with van der Waals surface area (Å²) in [7, 11) is 0. The van der Waals surface area contributed by atoms with Gasteiger partial charge in [-0.3, -0.25) is 4.98 Å². The van der Waals surface area contributed by atoms with E-state index in [0.717, 1.165) is 36.5 Å². The first-order valence-electron chi connectivity index (χ1n) is 8.67. The Morgan fingerprint density at radius 3 is 2.00 bits per heavy atom. The summed E-state index contributed by atoms with van der Waals surface area (Å²) >= 11 is 0. The molecule has 1 atom stereocenters. The van der Waals surface area contributed by atoms with Crippen molar-refractivity contribution in [1.29, 1.82) is 5.26 Å². The fraction of sp³-hybridized carbons (Fsp3) is 0.143. The van der Waals surface area contributed by atoms with Crippen LogP contribution in [0.3, 0.4) is 0 Å². The predicted octanol–water partition coefficient (Wildman–Crippen LogP) is 5.43. The summed E-state index contributed by atoms with van der Waals surface area (Å²) in [5.41, 5.74) is -5.40. The molecule has 3 rings (SSSR count). The third kappa shape index (κ3) is 4.36. The average molecular weight is 456 g/mol. The Labute approximate surface area is 176 Å². The van der Waals surface area contributed by atoms with E-state index >= 15 is 0 Å². The minimum atomic E-state index is -4.88. The van der Waals surface area contributed by atoms with Crippen LogP contribution in [0.2, 0.25) is 0 Å². The zero-order chi connectivity index (χ0) is 23.7. The molecule has 0 saturated heterocycles. The van der Waals surface area contributed by atoms with E-state index in [1.807, 2.05) is 0 Å². The highest BCUT2D eigenvalue weighted by atomic mass is 19.4. The molecule has 0 bridgehead atoms. The van der Waals surface area contributed by atoms with Crippen molar-refractivity contribution in [3.05, 3.63) is 83.7 Å². The number of hydrogen-bond donors (Lipinski definition) is 1. The van der Waals surface area contributed by atoms with Crippen LogP contribution in [0.15, 0.2) is 60.8 Å². The van der Waals surface area contributed by atoms with Crippen LogP contribution in [0.5, 0.6) is 5.75 Å². The van der Waals surface area contributed by atoms with Crippen LogP contribution in [0.1, 0.15) is 11.3 Å². The molecule has 0 fully saturated rings. The molecular weight excluding hydrogens is 445 g/mol. The molecule has 2 aromatic carbocycles. The number of rotatable bonds is 5. The Kier molecular flexibility index (Phi) is 5.84. The number of aliphatic hydroxyl groups is 1. The highest BCUT2D eigenvalue weighted by Gasteiger charge is 2.58. The second-order valence-electron chi connectivity index (χ2n) is 6.53. The first-order chi connectivity index (χ1) is 14.9. The molecule has 4 nitrogen and oxygen atoms in total. The highest BCUT2D eigenvalue weighted by molar-refractivity contribution is 5.63. The van der Waals surface area contributed by atoms with Gasteiger partial charge in [-0.05, 0) is 35.9 Å². The van der Waals surface area contributed by atoms with E-state index in [4.69, 9.17) is 0 Å². The van der Waals surface area contributed by atoms with Crippen LogP contribution in [-0.4, -0.2) is 16.5 Å². The lowest BCUT2D eigenvalue weighted by Crippen LogP contribution is -2.43. The van der Waals surface area contributed by atoms with Crippen LogP contribution < -0.4 is 4.74 Å². The number of aromatic nitrogens is 1. The van der Waals surface area contributed by atoms with Crippen molar-refractivity contribution < 1.29 is 40.6 Å². The van der Waals surface area contributed by atoms with Crippen LogP contribution >= 0.6 is 0 Å². The van der Waals surface area contributed by atoms with Gasteiger partial charge in [0.2, 0.25) is 5.60 Å². The van der Waals surface area contributed by atoms with Crippen LogP contribution in [0, 0.1) is 23.0 Å². The van der Waals surface area contributed by atoms with E-state index in [9.17, 15) is 41.1 Å². The Morgan fingerprint density at radius 2 is 1.50 bits per heavy atom. The number of nitrogens with zero attached hydrogens (tertiary/aromatic N) is 2. The summed E-state index contributed by atoms with van der Waals surface area (Å²) in [6.07, 6.45) is -3.94. The number of ether oxygens (including phenoxy) is 1. The fourth-order valence-corrected chi connectivity index (χ4v) is 2.87. The van der Waals surface area contributed by atoms with E-state index in [1.54, 1.807) is 0 Å². The van der Waals surface area contributed by atoms with E-state index in [-0.39, 0.29) is 11.6 Å². The normalized spacial score (nSPS) is 13.8. The maximum atomic E-state index is 15.0. The number of pyridine rings is 1. The van der Waals surface area contributed by atoms with E-state index in [1.165, 1.54) is 12.1 Å². The maximum absolute atomic E-state index is 15.0. The molecule has 1 heterocycles. The molecule has 0 radical (unpaired) electrons. The molecule has 11 heteroatoms. The summed E-state index contributed by atoms with van der Waals surface area (Å²) in [5, 5.41) is 19.5. The molecule has 1 unspecified atom stereocenters. The topological polar surface area (TPSA) is 66.1 Å². The largest absolute Gasteiger partial charge is 0.573 e. The lowest BCUT2D eigenvalue weighted by molar-refractivity contribution is -0.274. The molecule has 0 saturated carbocycles. The average Bonchev–Trinajstić information content (AvgIpc) is 2.72. The van der Waals surface area contributed by atoms with Crippen LogP contribution in [-0.2, 0) is 11.5 Å². The molecule has 0 amide bonds. The molecule has 0 aliphatic heterocycles. The molecule has 32 heavy (non-hydrogen) atoms. The molecule has 0 aliphatic rings. The van der Waals surface area contributed by atoms with Gasteiger partial charge in [-0.1, -0.05) is 18.2 Å². The Balaban J connectivity index is 1.92. The van der Waals surface area contributed by atoms with Gasteiger partial charge >= 0.3 is 12.3 Å². The highest BCUT2D eigenvalue weighted by Crippen LogP contribution is 2.45. The predicted molar refractivity (Wildman–Crippen MR) is 96.1 cm³/mol. The van der Waals surface area contributed by atoms with Crippen molar-refractivity contribution in [1.82, 2.24) is 4.98 Å². The van der Waals surface area contributed by atoms with Gasteiger partial charge < -0.3 is 9.84 Å². The van der Waals surface area contributed by atoms with Gasteiger partial charge in [0.15, 0.2) is 0 Å². The summed E-state index contributed by atoms with van der Waals surface area (Å²) in [6, 6.07) is 8.72. The van der Waals surface area contributed by atoms with Crippen molar-refractivity contribution in [3.8, 4) is 22.9 Å². The van der Waals surface area contributed by atoms with Crippen molar-refractivity contribution in [2.45, 2.75) is 17.9 Å². The van der Waals surface area contributed by atoms with Gasteiger partial charge in [-0.25, -0.2) is 8.78 Å². The smallest absolute Gasteiger partial charge is 0.406 e. The molecular formula is C21H11F7N2O2. The third-order valence-corrected chi connectivity index (χ3v) is 4.44. The minimum Gasteiger partial charge on any atom is -0.406 e. The van der Waals surface area contributed by atoms with Crippen molar-refractivity contribution in [2.24, 2.45) is 0 Å². The third-order valence-electron chi connectivity index (χ3n) is 4.44. The number of alkyl halides is 5. The zero-order valence-corrected chi connectivity index (χ0v) is 15.7. The van der Waals surface area contributed by atoms with Crippen molar-refractivity contribution in [2.75, 3.05) is 0 Å². The fourth-order valence-electron chi connectivity index (χ4n) is 2.87. The number of hydrogen-bond acceptors (Lipinski definition) is 4. The molecule has 0 aliphatic carbocycles. The summed E-state index contributed by atoms with van der Waals surface area (Å²) in [4.78, 5) is 3.53. The molecule has 1 N–H and O–H groups in total. The zero-order valence-electron chi connectivity index (χ0n) is 15.7. The van der Waals surface area contributed by atoms with Gasteiger partial charge in [0.25, 0.3) is 0 Å². The Hall–Kier alpha value is -3.65. The summed E-state index contributed by atoms with van der Waals surface area (Å²) in [5.74, 6) is -7.54. The number of nitriles is 1. The molecule has 166 valence electrons. The maximum Gasteiger partial charge on any atom is 0.573 e. The van der Waals surface area contributed by atoms with Gasteiger partial charge in [-0.15, -0.1) is 13.2 Å². The van der Waals surface area contributed by atoms with Crippen LogP contribution in [0.25, 0.3) is 11.1 Å². The second kappa shape index (κ2) is 8.12. The van der Waals surface area contributed by atoms with E-state index in [0.29, 0.717) is 17.7 Å². The van der Waals surface area contributed by atoms with E-state index in [2.05, 4.69) is 9.72 Å². The standard InChI is InChI=1S/C21H11F7N2O2/c22-14-4-7-16(17(23)9-14)19(31,11-29)20(24,25)18-8-3-13(10-30-18)12-1-5-15(6-2-12)32-21(26,27)28/h1-10,31H. The van der Waals surface area contributed by atoms with E-state index < -0.39 is 46.5 Å². The number of halogens is 7. The first kappa shape index (κ1) is 23.0. The lowest BCUT2D eigenvalue weighted by Gasteiger charge is -2.30. The van der Waals surface area contributed by atoms with Gasteiger partial charge in [0.05, 0.1) is 0 Å². The Morgan fingerprint density at radius 1 is 0.875 bits per heavy atom. The van der Waals surface area contributed by atoms with Gasteiger partial charge in [0, 0.05) is 23.4 Å². The number of benzene rings is 2. The van der Waals surface area contributed by atoms with Crippen molar-refractivity contribution >= 4 is 0 Å². The summed E-state index contributed by atoms with van der Waals surface area (Å²) < 4.78 is 97.5. The van der Waals surface area contributed by atoms with Gasteiger partial charge in [-0.2, -0.15) is 14.0 Å². The monoisotopic (exact) mass is 456 g/mol. The molecule has 3 aromatic rings. The summed E-state index contributed by atoms with van der Waals surface area (Å²) in [6.45, 7) is 0. The van der Waals surface area contributed by atoms with Crippen LogP contribution in [0.4, 0.5) is 30.7 Å². The van der Waals surface area contributed by atoms with Crippen molar-refractivity contribution in [3.63, 3.8) is 0 Å². The van der Waals surface area contributed by atoms with Gasteiger partial charge in [0.1, 0.15) is 29.1 Å². The SMILES string of the molecule is N#CC(O)(c1ccc(F)cc1F)C(F)(F)c1ccc(-c2ccc(OC(F)(F)F)cc2)cn1. The second-order valence-corrected chi connectivity index (χ2v) is 6.53. The minimum absolute atomic E-state index is 0.219. The quantitative estimate of drug-likeness (QED) is 0.411. The molecule has 0 spiro atoms.